The molecular weight excluding hydrogens is 438 g/mol. The summed E-state index contributed by atoms with van der Waals surface area (Å²) >= 11 is 3.42. The molecule has 0 aliphatic heterocycles. The molecule has 0 saturated carbocycles. The van der Waals surface area contributed by atoms with Crippen LogP contribution in [-0.4, -0.2) is 33.1 Å². The number of hydrogen-bond acceptors (Lipinski definition) is 6. The quantitative estimate of drug-likeness (QED) is 0.387. The number of aromatic nitrogens is 3. The second-order valence-corrected chi connectivity index (χ2v) is 7.54. The molecule has 0 unspecified atom stereocenters. The van der Waals surface area contributed by atoms with Gasteiger partial charge in [0.2, 0.25) is 5.89 Å². The molecule has 0 N–H and O–H groups in total. The number of hydrogen-bond donors (Lipinski definition) is 0. The van der Waals surface area contributed by atoms with Crippen LogP contribution in [0.2, 0.25) is 0 Å². The van der Waals surface area contributed by atoms with Crippen LogP contribution in [0.5, 0.6) is 0 Å². The van der Waals surface area contributed by atoms with E-state index >= 15 is 0 Å². The van der Waals surface area contributed by atoms with Gasteiger partial charge in [-0.2, -0.15) is 0 Å². The maximum absolute atomic E-state index is 13.3. The molecule has 8 heteroatoms. The van der Waals surface area contributed by atoms with Gasteiger partial charge in [0, 0.05) is 34.6 Å². The van der Waals surface area contributed by atoms with Gasteiger partial charge >= 0.3 is 5.97 Å². The van der Waals surface area contributed by atoms with Crippen molar-refractivity contribution in [3.05, 3.63) is 57.0 Å². The zero-order chi connectivity index (χ0) is 21.1. The van der Waals surface area contributed by atoms with Gasteiger partial charge in [0.15, 0.2) is 5.78 Å². The van der Waals surface area contributed by atoms with Crippen LogP contribution in [0.1, 0.15) is 46.9 Å². The smallest absolute Gasteiger partial charge is 0.302 e. The number of aryl methyl sites for hydroxylation is 1. The first-order valence-corrected chi connectivity index (χ1v) is 10.1. The number of rotatable bonds is 7. The molecule has 0 aliphatic carbocycles. The fourth-order valence-corrected chi connectivity index (χ4v) is 3.73. The second-order valence-electron chi connectivity index (χ2n) is 6.62. The Hall–Kier alpha value is -2.74. The van der Waals surface area contributed by atoms with E-state index < -0.39 is 0 Å². The standard InChI is InChI=1S/C21H22BrN3O4/c1-5-17-23-24-21(29-17)19-12(2)18(13(3)25(19)9-10-28-14(4)26)20(27)15-7-6-8-16(22)11-15/h6-8,11H,5,9-10H2,1-4H3. The zero-order valence-electron chi connectivity index (χ0n) is 16.8. The average molecular weight is 460 g/mol. The van der Waals surface area contributed by atoms with Gasteiger partial charge in [-0.25, -0.2) is 0 Å². The summed E-state index contributed by atoms with van der Waals surface area (Å²) in [7, 11) is 0. The van der Waals surface area contributed by atoms with Gasteiger partial charge in [-0.1, -0.05) is 35.0 Å². The summed E-state index contributed by atoms with van der Waals surface area (Å²) in [5.41, 5.74) is 3.33. The Balaban J connectivity index is 2.11. The summed E-state index contributed by atoms with van der Waals surface area (Å²) in [5, 5.41) is 8.21. The van der Waals surface area contributed by atoms with Crippen LogP contribution < -0.4 is 0 Å². The Bertz CT molecular complexity index is 1070. The predicted molar refractivity (Wildman–Crippen MR) is 111 cm³/mol. The third kappa shape index (κ3) is 4.32. The molecule has 29 heavy (non-hydrogen) atoms. The molecule has 0 fully saturated rings. The lowest BCUT2D eigenvalue weighted by atomic mass is 10.00. The highest BCUT2D eigenvalue weighted by Crippen LogP contribution is 2.32. The van der Waals surface area contributed by atoms with Crippen molar-refractivity contribution in [2.24, 2.45) is 0 Å². The number of benzene rings is 1. The number of ketones is 1. The van der Waals surface area contributed by atoms with Gasteiger partial charge in [-0.3, -0.25) is 9.59 Å². The van der Waals surface area contributed by atoms with Crippen molar-refractivity contribution in [1.82, 2.24) is 14.8 Å². The lowest BCUT2D eigenvalue weighted by Gasteiger charge is -2.10. The molecule has 0 radical (unpaired) electrons. The van der Waals surface area contributed by atoms with Crippen molar-refractivity contribution < 1.29 is 18.7 Å². The van der Waals surface area contributed by atoms with Crippen LogP contribution >= 0.6 is 15.9 Å². The van der Waals surface area contributed by atoms with E-state index in [-0.39, 0.29) is 18.4 Å². The Labute approximate surface area is 177 Å². The molecule has 0 spiro atoms. The number of nitrogens with zero attached hydrogens (tertiary/aromatic N) is 3. The third-order valence-electron chi connectivity index (χ3n) is 4.67. The molecule has 0 aliphatic rings. The highest BCUT2D eigenvalue weighted by molar-refractivity contribution is 9.10. The van der Waals surface area contributed by atoms with Gasteiger partial charge in [-0.15, -0.1) is 10.2 Å². The van der Waals surface area contributed by atoms with E-state index in [0.717, 1.165) is 15.7 Å². The topological polar surface area (TPSA) is 87.2 Å². The first kappa shape index (κ1) is 21.0. The Morgan fingerprint density at radius 2 is 2.00 bits per heavy atom. The Morgan fingerprint density at radius 1 is 1.24 bits per heavy atom. The van der Waals surface area contributed by atoms with Crippen molar-refractivity contribution in [3.63, 3.8) is 0 Å². The fraction of sp³-hybridized carbons (Fsp3) is 0.333. The molecule has 0 saturated heterocycles. The summed E-state index contributed by atoms with van der Waals surface area (Å²) in [6.45, 7) is 7.58. The first-order valence-electron chi connectivity index (χ1n) is 9.29. The van der Waals surface area contributed by atoms with Crippen LogP contribution in [0.4, 0.5) is 0 Å². The average Bonchev–Trinajstić information content (AvgIpc) is 3.24. The summed E-state index contributed by atoms with van der Waals surface area (Å²) in [5.74, 6) is 0.414. The number of carbonyl (C=O) groups is 2. The van der Waals surface area contributed by atoms with Crippen molar-refractivity contribution in [1.29, 1.82) is 0 Å². The Kier molecular flexibility index (Phi) is 6.32. The van der Waals surface area contributed by atoms with Crippen LogP contribution in [0.15, 0.2) is 33.2 Å². The minimum Gasteiger partial charge on any atom is -0.464 e. The molecule has 3 rings (SSSR count). The molecule has 0 atom stereocenters. The zero-order valence-corrected chi connectivity index (χ0v) is 18.4. The molecule has 0 bridgehead atoms. The van der Waals surface area contributed by atoms with Gasteiger partial charge in [0.25, 0.3) is 5.89 Å². The molecule has 2 aromatic heterocycles. The lowest BCUT2D eigenvalue weighted by molar-refractivity contribution is -0.141. The summed E-state index contributed by atoms with van der Waals surface area (Å²) in [4.78, 5) is 24.5. The van der Waals surface area contributed by atoms with Crippen LogP contribution in [-0.2, 0) is 22.5 Å². The molecule has 0 amide bonds. The van der Waals surface area contributed by atoms with Crippen LogP contribution in [0.3, 0.4) is 0 Å². The molecule has 152 valence electrons. The molecular formula is C21H22BrN3O4. The molecule has 7 nitrogen and oxygen atoms in total. The molecule has 2 heterocycles. The minimum absolute atomic E-state index is 0.0935. The van der Waals surface area contributed by atoms with Crippen molar-refractivity contribution >= 4 is 27.7 Å². The first-order chi connectivity index (χ1) is 13.8. The second kappa shape index (κ2) is 8.73. The molecule has 1 aromatic carbocycles. The summed E-state index contributed by atoms with van der Waals surface area (Å²) in [6.07, 6.45) is 0.614. The van der Waals surface area contributed by atoms with Crippen molar-refractivity contribution in [3.8, 4) is 11.6 Å². The highest BCUT2D eigenvalue weighted by atomic mass is 79.9. The highest BCUT2D eigenvalue weighted by Gasteiger charge is 2.27. The van der Waals surface area contributed by atoms with E-state index in [4.69, 9.17) is 9.15 Å². The van der Waals surface area contributed by atoms with Crippen LogP contribution in [0.25, 0.3) is 11.6 Å². The van der Waals surface area contributed by atoms with E-state index in [2.05, 4.69) is 26.1 Å². The summed E-state index contributed by atoms with van der Waals surface area (Å²) in [6, 6.07) is 7.27. The van der Waals surface area contributed by atoms with Gasteiger partial charge in [0.05, 0.1) is 6.54 Å². The monoisotopic (exact) mass is 459 g/mol. The Morgan fingerprint density at radius 3 is 2.62 bits per heavy atom. The largest absolute Gasteiger partial charge is 0.464 e. The maximum Gasteiger partial charge on any atom is 0.302 e. The number of halogens is 1. The van der Waals surface area contributed by atoms with E-state index in [9.17, 15) is 9.59 Å². The van der Waals surface area contributed by atoms with Gasteiger partial charge in [0.1, 0.15) is 12.3 Å². The predicted octanol–water partition coefficient (Wildman–Crippen LogP) is 4.27. The number of carbonyl (C=O) groups excluding carboxylic acids is 2. The lowest BCUT2D eigenvalue weighted by Crippen LogP contribution is -2.12. The fourth-order valence-electron chi connectivity index (χ4n) is 3.33. The number of esters is 1. The van der Waals surface area contributed by atoms with Crippen LogP contribution in [0, 0.1) is 13.8 Å². The van der Waals surface area contributed by atoms with Gasteiger partial charge in [-0.05, 0) is 31.5 Å². The normalized spacial score (nSPS) is 10.9. The minimum atomic E-state index is -0.357. The van der Waals surface area contributed by atoms with E-state index in [1.807, 2.05) is 37.5 Å². The van der Waals surface area contributed by atoms with Crippen molar-refractivity contribution in [2.75, 3.05) is 6.61 Å². The maximum atomic E-state index is 13.3. The van der Waals surface area contributed by atoms with Crippen molar-refractivity contribution in [2.45, 2.75) is 40.7 Å². The van der Waals surface area contributed by atoms with E-state index in [1.54, 1.807) is 12.1 Å². The number of ether oxygens (including phenoxy) is 1. The van der Waals surface area contributed by atoms with E-state index in [0.29, 0.717) is 41.6 Å². The SMILES string of the molecule is CCc1nnc(-c2c(C)c(C(=O)c3cccc(Br)c3)c(C)n2CCOC(C)=O)o1. The summed E-state index contributed by atoms with van der Waals surface area (Å²) < 4.78 is 13.6. The van der Waals surface area contributed by atoms with E-state index in [1.165, 1.54) is 6.92 Å². The third-order valence-corrected chi connectivity index (χ3v) is 5.17. The molecule has 3 aromatic rings. The van der Waals surface area contributed by atoms with Gasteiger partial charge < -0.3 is 13.7 Å².